The average Bonchev–Trinajstić information content (AvgIpc) is 3.25. The van der Waals surface area contributed by atoms with Crippen LogP contribution in [0.2, 0.25) is 18.1 Å². The molecule has 5 atom stereocenters. The molecule has 0 aromatic heterocycles. The van der Waals surface area contributed by atoms with Crippen molar-refractivity contribution in [2.45, 2.75) is 126 Å². The molecule has 3 aromatic rings. The molecule has 2 aliphatic rings. The van der Waals surface area contributed by atoms with E-state index in [9.17, 15) is 58.7 Å². The highest BCUT2D eigenvalue weighted by Gasteiger charge is 2.43. The number of carbonyl (C=O) groups excluding carboxylic acids is 4. The fraction of sp³-hybridized carbons (Fsp3) is 0.511. The van der Waals surface area contributed by atoms with Crippen molar-refractivity contribution in [2.24, 2.45) is 0 Å². The second-order valence-electron chi connectivity index (χ2n) is 17.0. The third-order valence-electron chi connectivity index (χ3n) is 10.9. The molecule has 0 bridgehead atoms. The quantitative estimate of drug-likeness (QED) is 0.0936. The van der Waals surface area contributed by atoms with Gasteiger partial charge in [-0.25, -0.2) is 0 Å². The van der Waals surface area contributed by atoms with Gasteiger partial charge in [-0.1, -0.05) is 112 Å². The lowest BCUT2D eigenvalue weighted by Crippen LogP contribution is -2.49. The number of nitrogens with one attached hydrogen (secondary N) is 3. The van der Waals surface area contributed by atoms with Gasteiger partial charge in [-0.3, -0.25) is 19.2 Å². The monoisotopic (exact) mass is 949 g/mol. The molecular weight excluding hydrogens is 894 g/mol. The van der Waals surface area contributed by atoms with E-state index in [0.717, 1.165) is 11.1 Å². The average molecular weight is 950 g/mol. The van der Waals surface area contributed by atoms with Crippen LogP contribution in [-0.2, 0) is 28.3 Å². The second-order valence-corrected chi connectivity index (χ2v) is 21.8. The van der Waals surface area contributed by atoms with Crippen LogP contribution in [0.1, 0.15) is 93.0 Å². The number of alkyl halides is 9. The van der Waals surface area contributed by atoms with E-state index in [1.54, 1.807) is 30.3 Å². The maximum atomic E-state index is 12.6. The van der Waals surface area contributed by atoms with Gasteiger partial charge in [0.15, 0.2) is 14.1 Å². The zero-order valence-corrected chi connectivity index (χ0v) is 37.7. The normalized spacial score (nSPS) is 19.8. The van der Waals surface area contributed by atoms with Gasteiger partial charge in [0.2, 0.25) is 0 Å². The molecule has 0 aliphatic carbocycles. The molecule has 2 saturated heterocycles. The van der Waals surface area contributed by atoms with Crippen LogP contribution in [0.5, 0.6) is 0 Å². The molecule has 3 N–H and O–H groups in total. The van der Waals surface area contributed by atoms with Crippen LogP contribution in [0.3, 0.4) is 0 Å². The Morgan fingerprint density at radius 2 is 1.00 bits per heavy atom. The van der Waals surface area contributed by atoms with Crippen molar-refractivity contribution in [1.82, 2.24) is 16.0 Å². The summed E-state index contributed by atoms with van der Waals surface area (Å²) in [5.41, 5.74) is 2.50. The predicted octanol–water partition coefficient (Wildman–Crippen LogP) is 9.89. The van der Waals surface area contributed by atoms with E-state index in [1.165, 1.54) is 0 Å². The van der Waals surface area contributed by atoms with Crippen LogP contribution in [-0.4, -0.2) is 88.3 Å². The van der Waals surface area contributed by atoms with Crippen molar-refractivity contribution in [3.8, 4) is 0 Å². The van der Waals surface area contributed by atoms with E-state index in [2.05, 4.69) is 0 Å². The number of amides is 3. The Morgan fingerprint density at radius 3 is 1.34 bits per heavy atom. The lowest BCUT2D eigenvalue weighted by atomic mass is 9.99. The van der Waals surface area contributed by atoms with Crippen LogP contribution in [0.15, 0.2) is 91.0 Å². The van der Waals surface area contributed by atoms with Gasteiger partial charge in [0.1, 0.15) is 0 Å². The second kappa shape index (κ2) is 24.1. The van der Waals surface area contributed by atoms with Crippen molar-refractivity contribution in [3.63, 3.8) is 0 Å². The first-order valence-electron chi connectivity index (χ1n) is 20.9. The highest BCUT2D eigenvalue weighted by molar-refractivity contribution is 6.74. The van der Waals surface area contributed by atoms with Crippen LogP contribution in [0.25, 0.3) is 0 Å². The predicted molar refractivity (Wildman–Crippen MR) is 226 cm³/mol. The van der Waals surface area contributed by atoms with Crippen molar-refractivity contribution in [1.29, 1.82) is 0 Å². The molecule has 3 amide bonds. The molecule has 0 saturated carbocycles. The van der Waals surface area contributed by atoms with Gasteiger partial charge < -0.3 is 29.9 Å². The molecular formula is C45H56F9N3O7Si. The molecule has 5 rings (SSSR count). The number of hydrogen-bond donors (Lipinski definition) is 3. The minimum atomic E-state index is -4.97. The number of ether oxygens (including phenoxy) is 2. The van der Waals surface area contributed by atoms with Gasteiger partial charge in [0.25, 0.3) is 0 Å². The Hall–Kier alpha value is -4.79. The Balaban J connectivity index is 0.000000265. The topological polar surface area (TPSA) is 132 Å². The van der Waals surface area contributed by atoms with Crippen molar-refractivity contribution in [2.75, 3.05) is 19.8 Å². The molecule has 0 radical (unpaired) electrons. The van der Waals surface area contributed by atoms with E-state index in [4.69, 9.17) is 13.9 Å². The van der Waals surface area contributed by atoms with Gasteiger partial charge >= 0.3 is 36.3 Å². The summed E-state index contributed by atoms with van der Waals surface area (Å²) in [7, 11) is -2.20. The molecule has 10 nitrogen and oxygen atoms in total. The zero-order valence-electron chi connectivity index (χ0n) is 36.7. The molecule has 0 spiro atoms. The molecule has 2 heterocycles. The molecule has 2 fully saturated rings. The Labute approximate surface area is 373 Å². The smallest absolute Gasteiger partial charge is 0.415 e. The first kappa shape index (κ1) is 54.5. The van der Waals surface area contributed by atoms with Crippen LogP contribution in [0, 0.1) is 0 Å². The van der Waals surface area contributed by atoms with Gasteiger partial charge in [0, 0.05) is 12.0 Å². The van der Waals surface area contributed by atoms with E-state index in [0.29, 0.717) is 31.2 Å². The Morgan fingerprint density at radius 1 is 0.615 bits per heavy atom. The third-order valence-corrected chi connectivity index (χ3v) is 15.4. The van der Waals surface area contributed by atoms with Gasteiger partial charge in [-0.15, -0.1) is 0 Å². The fourth-order valence-corrected chi connectivity index (χ4v) is 7.24. The summed E-state index contributed by atoms with van der Waals surface area (Å²) in [6, 6.07) is 25.5. The molecule has 0 unspecified atom stereocenters. The van der Waals surface area contributed by atoms with E-state index >= 15 is 0 Å². The number of hydrogen-bond acceptors (Lipinski definition) is 7. The minimum Gasteiger partial charge on any atom is -0.415 e. The lowest BCUT2D eigenvalue weighted by molar-refractivity contribution is -0.175. The van der Waals surface area contributed by atoms with Crippen LogP contribution in [0.4, 0.5) is 39.5 Å². The summed E-state index contributed by atoms with van der Waals surface area (Å²) in [4.78, 5) is 45.2. The minimum absolute atomic E-state index is 0.0215. The lowest BCUT2D eigenvalue weighted by Gasteiger charge is -2.37. The standard InChI is InChI=1S/C19H28F3NO3Si.2C13H14F3NO2/c1-18(2,3)27(4,5)26-13-15(23-17(25)19(20,21)22)11-12-16(24)14-9-7-6-8-10-14;2*14-13(15,16)12(18)17-10-6-7-11(19-8-10)9-4-2-1-3-5-9/h6-10,15H,11-13H2,1-5H3,(H,23,25);2*1-5,10-11H,6-8H2,(H,17,18)/t15-;10-,11+;10-,11-/m111/s1. The number of benzene rings is 3. The summed E-state index contributed by atoms with van der Waals surface area (Å²) in [5.74, 6) is -6.01. The summed E-state index contributed by atoms with van der Waals surface area (Å²) < 4.78 is 127. The number of carbonyl (C=O) groups is 4. The summed E-state index contributed by atoms with van der Waals surface area (Å²) in [6.07, 6.45) is -12.6. The first-order chi connectivity index (χ1) is 30.2. The molecule has 360 valence electrons. The zero-order chi connectivity index (χ0) is 48.6. The van der Waals surface area contributed by atoms with Gasteiger partial charge in [0.05, 0.1) is 50.2 Å². The highest BCUT2D eigenvalue weighted by Crippen LogP contribution is 2.37. The van der Waals surface area contributed by atoms with E-state index in [-0.39, 0.29) is 55.7 Å². The van der Waals surface area contributed by atoms with Crippen molar-refractivity contribution >= 4 is 31.8 Å². The largest absolute Gasteiger partial charge is 0.471 e. The molecule has 20 heteroatoms. The maximum absolute atomic E-state index is 12.6. The number of halogens is 9. The van der Waals surface area contributed by atoms with Crippen LogP contribution >= 0.6 is 0 Å². The summed E-state index contributed by atoms with van der Waals surface area (Å²) in [5, 5.41) is 5.73. The van der Waals surface area contributed by atoms with E-state index in [1.807, 2.05) is 110 Å². The number of ketones is 1. The highest BCUT2D eigenvalue weighted by atomic mass is 28.4. The maximum Gasteiger partial charge on any atom is 0.471 e. The van der Waals surface area contributed by atoms with Gasteiger partial charge in [-0.2, -0.15) is 39.5 Å². The fourth-order valence-electron chi connectivity index (χ4n) is 6.19. The van der Waals surface area contributed by atoms with Crippen LogP contribution < -0.4 is 16.0 Å². The Kier molecular flexibility index (Phi) is 20.2. The number of rotatable bonds is 12. The summed E-state index contributed by atoms with van der Waals surface area (Å²) >= 11 is 0. The first-order valence-corrected chi connectivity index (χ1v) is 23.8. The SMILES string of the molecule is CC(C)(C)[Si](C)(C)OC[C@@H](CCC(=O)c1ccccc1)NC(=O)C(F)(F)F.O=C(N[C@@H]1CC[C@@H](c2ccccc2)OC1)C(F)(F)F.O=C(N[C@@H]1CC[C@H](c2ccccc2)OC1)C(F)(F)F. The summed E-state index contributed by atoms with van der Waals surface area (Å²) in [6.45, 7) is 10.1. The molecule has 2 aliphatic heterocycles. The van der Waals surface area contributed by atoms with Crippen molar-refractivity contribution in [3.05, 3.63) is 108 Å². The Bertz CT molecular complexity index is 1850. The number of Topliss-reactive ketones (excluding diaryl/α,β-unsaturated/α-hetero) is 1. The molecule has 3 aromatic carbocycles. The van der Waals surface area contributed by atoms with E-state index < -0.39 is 62.7 Å². The van der Waals surface area contributed by atoms with Gasteiger partial charge in [-0.05, 0) is 61.4 Å². The molecule has 65 heavy (non-hydrogen) atoms. The third kappa shape index (κ3) is 18.9. The van der Waals surface area contributed by atoms with Crippen molar-refractivity contribution < 1.29 is 72.6 Å².